The molecule has 1 unspecified atom stereocenters. The van der Waals surface area contributed by atoms with Gasteiger partial charge in [0.15, 0.2) is 0 Å². The molecule has 1 aliphatic rings. The maximum absolute atomic E-state index is 13.2. The van der Waals surface area contributed by atoms with Crippen LogP contribution in [0.4, 0.5) is 4.79 Å². The first-order valence-corrected chi connectivity index (χ1v) is 10.8. The molecule has 1 aromatic rings. The van der Waals surface area contributed by atoms with Gasteiger partial charge in [0.05, 0.1) is 19.1 Å². The molecule has 0 radical (unpaired) electrons. The first kappa shape index (κ1) is 23.2. The van der Waals surface area contributed by atoms with Gasteiger partial charge >= 0.3 is 6.09 Å². The topological polar surface area (TPSA) is 87.7 Å². The summed E-state index contributed by atoms with van der Waals surface area (Å²) in [5.41, 5.74) is 3.48. The minimum Gasteiger partial charge on any atom is -0.452 e. The molecule has 7 nitrogen and oxygen atoms in total. The van der Waals surface area contributed by atoms with Gasteiger partial charge in [0.1, 0.15) is 0 Å². The number of carbonyl (C=O) groups is 3. The van der Waals surface area contributed by atoms with E-state index >= 15 is 0 Å². The van der Waals surface area contributed by atoms with Gasteiger partial charge in [0, 0.05) is 16.4 Å². The van der Waals surface area contributed by atoms with Gasteiger partial charge < -0.3 is 10.1 Å². The standard InChI is InChI=1S/C21H30BrN3O4/c1-13(2)25(24-21(28)29-4)20(27)18-8-6-5-7-17(18)19(26)23-14(3)15-9-11-16(22)12-10-15/h9-14,17-18H,5-8H2,1-4H3,(H,23,26)(H,24,28)/t14-,17?,18+/m0/s1. The van der Waals surface area contributed by atoms with E-state index in [0.717, 1.165) is 22.9 Å². The summed E-state index contributed by atoms with van der Waals surface area (Å²) in [6.07, 6.45) is 2.36. The van der Waals surface area contributed by atoms with Crippen LogP contribution in [0, 0.1) is 11.8 Å². The van der Waals surface area contributed by atoms with Crippen molar-refractivity contribution in [2.75, 3.05) is 7.11 Å². The molecule has 2 rings (SSSR count). The van der Waals surface area contributed by atoms with Gasteiger partial charge in [0.25, 0.3) is 0 Å². The summed E-state index contributed by atoms with van der Waals surface area (Å²) in [6.45, 7) is 5.54. The second kappa shape index (κ2) is 10.6. The number of hydrogen-bond donors (Lipinski definition) is 2. The van der Waals surface area contributed by atoms with E-state index in [0.29, 0.717) is 12.8 Å². The van der Waals surface area contributed by atoms with Gasteiger partial charge in [-0.3, -0.25) is 9.59 Å². The highest BCUT2D eigenvalue weighted by molar-refractivity contribution is 9.10. The summed E-state index contributed by atoms with van der Waals surface area (Å²) in [6, 6.07) is 7.36. The summed E-state index contributed by atoms with van der Waals surface area (Å²) in [5, 5.41) is 4.33. The number of methoxy groups -OCH3 is 1. The number of nitrogens with zero attached hydrogens (tertiary/aromatic N) is 1. The number of rotatable bonds is 5. The zero-order valence-electron chi connectivity index (χ0n) is 17.4. The molecule has 0 aliphatic heterocycles. The Morgan fingerprint density at radius 2 is 1.66 bits per heavy atom. The molecule has 1 aromatic carbocycles. The number of ether oxygens (including phenoxy) is 1. The van der Waals surface area contributed by atoms with Crippen molar-refractivity contribution in [2.24, 2.45) is 11.8 Å². The molecule has 0 heterocycles. The average molecular weight is 468 g/mol. The van der Waals surface area contributed by atoms with Crippen LogP contribution in [0.2, 0.25) is 0 Å². The van der Waals surface area contributed by atoms with Crippen molar-refractivity contribution in [2.45, 2.75) is 58.5 Å². The van der Waals surface area contributed by atoms with Crippen molar-refractivity contribution in [3.8, 4) is 0 Å². The molecule has 3 atom stereocenters. The van der Waals surface area contributed by atoms with Crippen molar-refractivity contribution in [3.63, 3.8) is 0 Å². The molecule has 1 aliphatic carbocycles. The normalized spacial score (nSPS) is 19.9. The van der Waals surface area contributed by atoms with Crippen molar-refractivity contribution in [1.82, 2.24) is 15.8 Å². The second-order valence-corrected chi connectivity index (χ2v) is 8.60. The van der Waals surface area contributed by atoms with E-state index in [4.69, 9.17) is 0 Å². The Labute approximate surface area is 180 Å². The molecule has 0 spiro atoms. The number of carbonyl (C=O) groups excluding carboxylic acids is 3. The van der Waals surface area contributed by atoms with Gasteiger partial charge in [-0.25, -0.2) is 15.2 Å². The molecule has 8 heteroatoms. The van der Waals surface area contributed by atoms with Gasteiger partial charge in [-0.1, -0.05) is 40.9 Å². The summed E-state index contributed by atoms with van der Waals surface area (Å²) in [4.78, 5) is 37.8. The highest BCUT2D eigenvalue weighted by atomic mass is 79.9. The monoisotopic (exact) mass is 467 g/mol. The van der Waals surface area contributed by atoms with Gasteiger partial charge in [-0.05, 0) is 51.3 Å². The maximum Gasteiger partial charge on any atom is 0.425 e. The Hall–Kier alpha value is -2.09. The molecule has 2 N–H and O–H groups in total. The Bertz CT molecular complexity index is 723. The molecular formula is C21H30BrN3O4. The number of hydrazine groups is 1. The minimum atomic E-state index is -0.701. The van der Waals surface area contributed by atoms with Crippen molar-refractivity contribution in [3.05, 3.63) is 34.3 Å². The number of nitrogens with one attached hydrogen (secondary N) is 2. The van der Waals surface area contributed by atoms with E-state index in [9.17, 15) is 14.4 Å². The number of halogens is 1. The smallest absolute Gasteiger partial charge is 0.425 e. The van der Waals surface area contributed by atoms with Crippen LogP contribution in [0.25, 0.3) is 0 Å². The molecule has 3 amide bonds. The van der Waals surface area contributed by atoms with Crippen LogP contribution < -0.4 is 10.7 Å². The Balaban J connectivity index is 2.12. The predicted octanol–water partition coefficient (Wildman–Crippen LogP) is 3.94. The predicted molar refractivity (Wildman–Crippen MR) is 114 cm³/mol. The van der Waals surface area contributed by atoms with E-state index in [1.165, 1.54) is 12.1 Å². The van der Waals surface area contributed by atoms with Crippen molar-refractivity contribution >= 4 is 33.8 Å². The fraction of sp³-hybridized carbons (Fsp3) is 0.571. The van der Waals surface area contributed by atoms with Crippen LogP contribution in [0.15, 0.2) is 28.7 Å². The molecule has 0 bridgehead atoms. The lowest BCUT2D eigenvalue weighted by atomic mass is 9.77. The summed E-state index contributed by atoms with van der Waals surface area (Å²) in [7, 11) is 1.25. The van der Waals surface area contributed by atoms with E-state index in [-0.39, 0.29) is 23.9 Å². The molecule has 29 heavy (non-hydrogen) atoms. The molecule has 160 valence electrons. The van der Waals surface area contributed by atoms with E-state index in [1.807, 2.05) is 31.2 Å². The molecule has 1 saturated carbocycles. The Morgan fingerprint density at radius 1 is 1.07 bits per heavy atom. The minimum absolute atomic E-state index is 0.125. The fourth-order valence-corrected chi connectivity index (χ4v) is 3.92. The van der Waals surface area contributed by atoms with Crippen LogP contribution in [0.3, 0.4) is 0 Å². The number of benzene rings is 1. The zero-order valence-corrected chi connectivity index (χ0v) is 19.0. The lowest BCUT2D eigenvalue weighted by Crippen LogP contribution is -2.54. The summed E-state index contributed by atoms with van der Waals surface area (Å²) >= 11 is 3.41. The third-order valence-electron chi connectivity index (χ3n) is 5.30. The fourth-order valence-electron chi connectivity index (χ4n) is 3.66. The number of hydrogen-bond acceptors (Lipinski definition) is 4. The largest absolute Gasteiger partial charge is 0.452 e. The molecular weight excluding hydrogens is 438 g/mol. The lowest BCUT2D eigenvalue weighted by molar-refractivity contribution is -0.147. The quantitative estimate of drug-likeness (QED) is 0.641. The molecule has 1 fully saturated rings. The summed E-state index contributed by atoms with van der Waals surface area (Å²) < 4.78 is 5.60. The van der Waals surface area contributed by atoms with Gasteiger partial charge in [-0.15, -0.1) is 0 Å². The van der Waals surface area contributed by atoms with Gasteiger partial charge in [-0.2, -0.15) is 0 Å². The molecule has 0 saturated heterocycles. The first-order valence-electron chi connectivity index (χ1n) is 9.98. The highest BCUT2D eigenvalue weighted by Crippen LogP contribution is 2.32. The lowest BCUT2D eigenvalue weighted by Gasteiger charge is -2.35. The summed E-state index contributed by atoms with van der Waals surface area (Å²) in [5.74, 6) is -1.27. The number of amides is 3. The van der Waals surface area contributed by atoms with Crippen LogP contribution in [0.1, 0.15) is 58.1 Å². The Kier molecular flexibility index (Phi) is 8.49. The Morgan fingerprint density at radius 3 is 2.21 bits per heavy atom. The average Bonchev–Trinajstić information content (AvgIpc) is 2.71. The van der Waals surface area contributed by atoms with Crippen LogP contribution >= 0.6 is 15.9 Å². The first-order chi connectivity index (χ1) is 13.7. The van der Waals surface area contributed by atoms with E-state index in [2.05, 4.69) is 31.4 Å². The SMILES string of the molecule is COC(=O)NN(C(=O)[C@@H]1CCCCC1C(=O)N[C@@H](C)c1ccc(Br)cc1)C(C)C. The van der Waals surface area contributed by atoms with E-state index in [1.54, 1.807) is 13.8 Å². The maximum atomic E-state index is 13.2. The molecule has 0 aromatic heterocycles. The van der Waals surface area contributed by atoms with Crippen LogP contribution in [-0.2, 0) is 14.3 Å². The highest BCUT2D eigenvalue weighted by Gasteiger charge is 2.39. The third kappa shape index (κ3) is 6.19. The van der Waals surface area contributed by atoms with Crippen molar-refractivity contribution < 1.29 is 19.1 Å². The van der Waals surface area contributed by atoms with Crippen LogP contribution in [-0.4, -0.2) is 36.1 Å². The van der Waals surface area contributed by atoms with E-state index < -0.39 is 17.9 Å². The van der Waals surface area contributed by atoms with Gasteiger partial charge in [0.2, 0.25) is 11.8 Å². The van der Waals surface area contributed by atoms with Crippen molar-refractivity contribution in [1.29, 1.82) is 0 Å². The third-order valence-corrected chi connectivity index (χ3v) is 5.83. The van der Waals surface area contributed by atoms with Crippen LogP contribution in [0.5, 0.6) is 0 Å². The second-order valence-electron chi connectivity index (χ2n) is 7.68. The zero-order chi connectivity index (χ0) is 21.6.